The minimum absolute atomic E-state index is 0.0352. The highest BCUT2D eigenvalue weighted by Gasteiger charge is 2.20. The van der Waals surface area contributed by atoms with Gasteiger partial charge in [-0.1, -0.05) is 18.2 Å². The van der Waals surface area contributed by atoms with Crippen molar-refractivity contribution in [3.63, 3.8) is 0 Å². The topological polar surface area (TPSA) is 116 Å². The monoisotopic (exact) mass is 274 g/mol. The van der Waals surface area contributed by atoms with Gasteiger partial charge in [-0.05, 0) is 12.1 Å². The Balaban J connectivity index is 2.63. The van der Waals surface area contributed by atoms with E-state index in [-0.39, 0.29) is 27.2 Å². The molecule has 0 saturated carbocycles. The lowest BCUT2D eigenvalue weighted by Gasteiger charge is -2.17. The minimum Gasteiger partial charge on any atom is -0.508 e. The van der Waals surface area contributed by atoms with Gasteiger partial charge in [0.15, 0.2) is 0 Å². The second-order valence-corrected chi connectivity index (χ2v) is 5.14. The first kappa shape index (κ1) is 11.7. The Labute approximate surface area is 117 Å². The van der Waals surface area contributed by atoms with E-state index in [1.54, 1.807) is 18.2 Å². The SMILES string of the molecule is N=c1c(=N)c2cc(O)cc3c2-c2c1cccc2c(=N)c3=N. The first-order valence-corrected chi connectivity index (χ1v) is 6.37. The molecule has 0 amide bonds. The van der Waals surface area contributed by atoms with Crippen LogP contribution in [0.4, 0.5) is 0 Å². The van der Waals surface area contributed by atoms with Gasteiger partial charge in [0.2, 0.25) is 0 Å². The fourth-order valence-electron chi connectivity index (χ4n) is 3.07. The molecule has 100 valence electrons. The van der Waals surface area contributed by atoms with Crippen molar-refractivity contribution in [1.29, 1.82) is 21.6 Å². The van der Waals surface area contributed by atoms with Crippen LogP contribution in [0.2, 0.25) is 0 Å². The Bertz CT molecular complexity index is 1130. The molecule has 21 heavy (non-hydrogen) atoms. The van der Waals surface area contributed by atoms with Crippen LogP contribution >= 0.6 is 0 Å². The first-order valence-electron chi connectivity index (χ1n) is 6.37. The fraction of sp³-hybridized carbons (Fsp3) is 0. The van der Waals surface area contributed by atoms with E-state index >= 15 is 0 Å². The van der Waals surface area contributed by atoms with Gasteiger partial charge in [-0.15, -0.1) is 0 Å². The minimum atomic E-state index is -0.0540. The number of hydrogen-bond acceptors (Lipinski definition) is 5. The van der Waals surface area contributed by atoms with Crippen LogP contribution in [0.25, 0.3) is 32.7 Å². The number of benzene rings is 4. The van der Waals surface area contributed by atoms with Crippen LogP contribution in [0.1, 0.15) is 0 Å². The summed E-state index contributed by atoms with van der Waals surface area (Å²) in [7, 11) is 0. The third-order valence-corrected chi connectivity index (χ3v) is 4.01. The van der Waals surface area contributed by atoms with Crippen LogP contribution in [0.5, 0.6) is 5.75 Å². The van der Waals surface area contributed by atoms with Gasteiger partial charge in [-0.3, -0.25) is 21.6 Å². The third-order valence-electron chi connectivity index (χ3n) is 4.01. The number of rotatable bonds is 0. The molecule has 0 spiro atoms. The molecule has 0 aromatic heterocycles. The molecule has 2 aromatic carbocycles. The Hall–Kier alpha value is -3.08. The van der Waals surface area contributed by atoms with Gasteiger partial charge in [0.05, 0.1) is 21.4 Å². The summed E-state index contributed by atoms with van der Waals surface area (Å²) in [6.07, 6.45) is 0. The van der Waals surface area contributed by atoms with E-state index in [0.29, 0.717) is 27.1 Å². The van der Waals surface area contributed by atoms with Crippen molar-refractivity contribution in [1.82, 2.24) is 0 Å². The van der Waals surface area contributed by atoms with Crippen molar-refractivity contribution in [2.24, 2.45) is 0 Å². The molecule has 0 bridgehead atoms. The van der Waals surface area contributed by atoms with Crippen molar-refractivity contribution in [2.45, 2.75) is 0 Å². The Kier molecular flexibility index (Phi) is 1.96. The highest BCUT2D eigenvalue weighted by Crippen LogP contribution is 2.35. The van der Waals surface area contributed by atoms with E-state index < -0.39 is 0 Å². The molecule has 0 fully saturated rings. The number of nitrogens with one attached hydrogen (secondary N) is 4. The van der Waals surface area contributed by atoms with E-state index in [2.05, 4.69) is 0 Å². The van der Waals surface area contributed by atoms with Crippen molar-refractivity contribution in [2.75, 3.05) is 0 Å². The second kappa shape index (κ2) is 3.52. The van der Waals surface area contributed by atoms with Crippen molar-refractivity contribution in [3.05, 3.63) is 51.8 Å². The molecular weight excluding hydrogens is 264 g/mol. The average molecular weight is 274 g/mol. The molecule has 0 heterocycles. The van der Waals surface area contributed by atoms with Gasteiger partial charge in [0.1, 0.15) is 5.75 Å². The van der Waals surface area contributed by atoms with Crippen molar-refractivity contribution in [3.8, 4) is 16.9 Å². The van der Waals surface area contributed by atoms with E-state index in [0.717, 1.165) is 5.56 Å². The van der Waals surface area contributed by atoms with Crippen LogP contribution in [-0.2, 0) is 0 Å². The summed E-state index contributed by atoms with van der Waals surface area (Å²) in [6.45, 7) is 0. The van der Waals surface area contributed by atoms with Crippen LogP contribution in [0.15, 0.2) is 30.3 Å². The van der Waals surface area contributed by atoms with Gasteiger partial charge in [-0.2, -0.15) is 0 Å². The van der Waals surface area contributed by atoms with E-state index in [4.69, 9.17) is 21.6 Å². The van der Waals surface area contributed by atoms with E-state index in [9.17, 15) is 5.11 Å². The highest BCUT2D eigenvalue weighted by atomic mass is 16.3. The standard InChI is InChI=1S/C16H10N4O/c17-13-7-2-1-3-8-11(7)12-9(15(13)19)4-6(21)5-10(12)16(20)14(8)18/h1-5,17-21H. The predicted molar refractivity (Wildman–Crippen MR) is 76.7 cm³/mol. The zero-order chi connectivity index (χ0) is 14.9. The lowest BCUT2D eigenvalue weighted by molar-refractivity contribution is 0.476. The summed E-state index contributed by atoms with van der Waals surface area (Å²) in [5.74, 6) is -0.0540. The molecule has 4 rings (SSSR count). The summed E-state index contributed by atoms with van der Waals surface area (Å²) in [5, 5.41) is 44.8. The molecule has 2 aliphatic rings. The maximum absolute atomic E-state index is 9.84. The molecule has 5 heteroatoms. The Morgan fingerprint density at radius 1 is 0.619 bits per heavy atom. The lowest BCUT2D eigenvalue weighted by Crippen LogP contribution is -2.31. The van der Waals surface area contributed by atoms with Gasteiger partial charge in [0.25, 0.3) is 0 Å². The zero-order valence-electron chi connectivity index (χ0n) is 10.8. The quantitative estimate of drug-likeness (QED) is 0.303. The second-order valence-electron chi connectivity index (χ2n) is 5.14. The number of hydrogen-bond donors (Lipinski definition) is 5. The van der Waals surface area contributed by atoms with E-state index in [1.807, 2.05) is 0 Å². The Morgan fingerprint density at radius 3 is 1.48 bits per heavy atom. The molecular formula is C16H10N4O. The zero-order valence-corrected chi connectivity index (χ0v) is 10.8. The van der Waals surface area contributed by atoms with E-state index in [1.165, 1.54) is 12.1 Å². The summed E-state index contributed by atoms with van der Waals surface area (Å²) < 4.78 is 0. The molecule has 0 radical (unpaired) electrons. The van der Waals surface area contributed by atoms with Crippen molar-refractivity contribution >= 4 is 21.5 Å². The molecule has 0 unspecified atom stereocenters. The Morgan fingerprint density at radius 2 is 1.00 bits per heavy atom. The number of aromatic hydroxyl groups is 1. The molecule has 2 aliphatic carbocycles. The third kappa shape index (κ3) is 1.25. The summed E-state index contributed by atoms with van der Waals surface area (Å²) in [5.41, 5.74) is 1.41. The molecule has 0 aliphatic heterocycles. The molecule has 5 nitrogen and oxygen atoms in total. The predicted octanol–water partition coefficient (Wildman–Crippen LogP) is 1.03. The maximum Gasteiger partial charge on any atom is 0.116 e. The normalized spacial score (nSPS) is 11.8. The average Bonchev–Trinajstić information content (AvgIpc) is 2.48. The lowest BCUT2D eigenvalue weighted by atomic mass is 9.86. The summed E-state index contributed by atoms with van der Waals surface area (Å²) >= 11 is 0. The first-order chi connectivity index (χ1) is 10.0. The summed E-state index contributed by atoms with van der Waals surface area (Å²) in [6, 6.07) is 8.18. The van der Waals surface area contributed by atoms with Crippen LogP contribution in [-0.4, -0.2) is 5.11 Å². The number of phenols is 1. The number of phenolic OH excluding ortho intramolecular Hbond substituents is 1. The van der Waals surface area contributed by atoms with Crippen LogP contribution < -0.4 is 21.4 Å². The summed E-state index contributed by atoms with van der Waals surface area (Å²) in [4.78, 5) is 0. The van der Waals surface area contributed by atoms with Gasteiger partial charge < -0.3 is 5.11 Å². The molecule has 0 atom stereocenters. The van der Waals surface area contributed by atoms with Crippen molar-refractivity contribution < 1.29 is 5.11 Å². The fourth-order valence-corrected chi connectivity index (χ4v) is 3.07. The highest BCUT2D eigenvalue weighted by molar-refractivity contribution is 6.11. The molecule has 5 N–H and O–H groups in total. The largest absolute Gasteiger partial charge is 0.508 e. The van der Waals surface area contributed by atoms with Gasteiger partial charge in [0, 0.05) is 32.7 Å². The van der Waals surface area contributed by atoms with Crippen LogP contribution in [0.3, 0.4) is 0 Å². The molecule has 2 aromatic rings. The smallest absolute Gasteiger partial charge is 0.116 e. The maximum atomic E-state index is 9.84. The van der Waals surface area contributed by atoms with Gasteiger partial charge in [-0.25, -0.2) is 0 Å². The molecule has 0 saturated heterocycles. The van der Waals surface area contributed by atoms with Crippen LogP contribution in [0, 0.1) is 21.6 Å². The van der Waals surface area contributed by atoms with Gasteiger partial charge >= 0.3 is 0 Å².